The van der Waals surface area contributed by atoms with E-state index in [9.17, 15) is 4.39 Å². The second kappa shape index (κ2) is 17.3. The lowest BCUT2D eigenvalue weighted by molar-refractivity contribution is 0.185. The molecule has 0 bridgehead atoms. The molecule has 5 nitrogen and oxygen atoms in total. The molecule has 0 amide bonds. The van der Waals surface area contributed by atoms with Crippen molar-refractivity contribution in [1.29, 1.82) is 0 Å². The molecule has 0 aliphatic rings. The SMILES string of the molecule is CC.CC.COCc1cc(CF)cnc1Nc1nc(-c2cccc(OC)c2)c(CC(C)C)s1.S. The second-order valence-corrected chi connectivity index (χ2v) is 8.25. The molecule has 2 heterocycles. The molecule has 0 saturated heterocycles. The molecule has 0 saturated carbocycles. The van der Waals surface area contributed by atoms with Crippen molar-refractivity contribution in [3.8, 4) is 17.0 Å². The standard InChI is InChI=1S/C22H26FN3O2S.2C2H6.H2S/c1-14(2)8-19-20(16-6-5-7-18(10-16)28-4)25-22(29-19)26-21-17(13-27-3)9-15(11-23)12-24-21;2*1-2;/h5-7,9-10,12,14H,8,11,13H2,1-4H3,(H,24,25,26);2*1-2H3;1H2. The number of methoxy groups -OCH3 is 2. The lowest BCUT2D eigenvalue weighted by atomic mass is 10.0. The van der Waals surface area contributed by atoms with Crippen LogP contribution < -0.4 is 10.1 Å². The average Bonchev–Trinajstić information content (AvgIpc) is 3.24. The summed E-state index contributed by atoms with van der Waals surface area (Å²) in [5.41, 5.74) is 3.28. The number of nitrogens with zero attached hydrogens (tertiary/aromatic N) is 2. The van der Waals surface area contributed by atoms with Crippen LogP contribution in [-0.4, -0.2) is 24.2 Å². The molecule has 1 aromatic carbocycles. The summed E-state index contributed by atoms with van der Waals surface area (Å²) >= 11 is 1.61. The predicted octanol–water partition coefficient (Wildman–Crippen LogP) is 7.94. The van der Waals surface area contributed by atoms with E-state index in [1.54, 1.807) is 31.6 Å². The third kappa shape index (κ3) is 9.24. The molecule has 190 valence electrons. The quantitative estimate of drug-likeness (QED) is 0.317. The molecule has 1 N–H and O–H groups in total. The first-order valence-electron chi connectivity index (χ1n) is 11.5. The molecular formula is C26H40FN3O2S2. The van der Waals surface area contributed by atoms with E-state index in [-0.39, 0.29) is 13.5 Å². The number of ether oxygens (including phenoxy) is 2. The van der Waals surface area contributed by atoms with Crippen molar-refractivity contribution in [1.82, 2.24) is 9.97 Å². The van der Waals surface area contributed by atoms with Crippen LogP contribution in [0.3, 0.4) is 0 Å². The van der Waals surface area contributed by atoms with Crippen LogP contribution >= 0.6 is 24.8 Å². The van der Waals surface area contributed by atoms with Crippen LogP contribution in [0, 0.1) is 5.92 Å². The van der Waals surface area contributed by atoms with Crippen LogP contribution in [0.1, 0.15) is 57.5 Å². The smallest absolute Gasteiger partial charge is 0.189 e. The third-order valence-electron chi connectivity index (χ3n) is 4.34. The van der Waals surface area contributed by atoms with Gasteiger partial charge in [-0.05, 0) is 30.5 Å². The number of thiazole rings is 1. The van der Waals surface area contributed by atoms with Crippen LogP contribution in [-0.2, 0) is 24.4 Å². The van der Waals surface area contributed by atoms with Gasteiger partial charge in [0.25, 0.3) is 0 Å². The first kappa shape index (κ1) is 31.8. The predicted molar refractivity (Wildman–Crippen MR) is 149 cm³/mol. The topological polar surface area (TPSA) is 56.3 Å². The highest BCUT2D eigenvalue weighted by atomic mass is 32.1. The van der Waals surface area contributed by atoms with E-state index < -0.39 is 6.67 Å². The Labute approximate surface area is 215 Å². The lowest BCUT2D eigenvalue weighted by Crippen LogP contribution is -2.01. The van der Waals surface area contributed by atoms with Crippen molar-refractivity contribution in [2.24, 2.45) is 5.92 Å². The van der Waals surface area contributed by atoms with Gasteiger partial charge in [0.15, 0.2) is 5.13 Å². The second-order valence-electron chi connectivity index (χ2n) is 7.16. The van der Waals surface area contributed by atoms with E-state index in [4.69, 9.17) is 14.5 Å². The summed E-state index contributed by atoms with van der Waals surface area (Å²) in [7, 11) is 3.27. The fourth-order valence-electron chi connectivity index (χ4n) is 3.02. The molecule has 34 heavy (non-hydrogen) atoms. The minimum Gasteiger partial charge on any atom is -0.497 e. The fraction of sp³-hybridized carbons (Fsp3) is 0.462. The van der Waals surface area contributed by atoms with Crippen LogP contribution in [0.2, 0.25) is 0 Å². The van der Waals surface area contributed by atoms with Crippen molar-refractivity contribution in [3.63, 3.8) is 0 Å². The number of hydrogen-bond donors (Lipinski definition) is 1. The van der Waals surface area contributed by atoms with E-state index in [0.717, 1.165) is 34.1 Å². The highest BCUT2D eigenvalue weighted by Crippen LogP contribution is 2.35. The van der Waals surface area contributed by atoms with Gasteiger partial charge in [0.2, 0.25) is 0 Å². The van der Waals surface area contributed by atoms with Gasteiger partial charge < -0.3 is 14.8 Å². The maximum Gasteiger partial charge on any atom is 0.189 e. The first-order chi connectivity index (χ1) is 16.0. The minimum atomic E-state index is -0.556. The molecule has 3 aromatic rings. The summed E-state index contributed by atoms with van der Waals surface area (Å²) in [6.07, 6.45) is 2.46. The monoisotopic (exact) mass is 509 g/mol. The first-order valence-corrected chi connectivity index (χ1v) is 12.3. The molecule has 0 aliphatic heterocycles. The Balaban J connectivity index is 0.00000207. The van der Waals surface area contributed by atoms with Crippen LogP contribution in [0.4, 0.5) is 15.3 Å². The van der Waals surface area contributed by atoms with Gasteiger partial charge in [-0.2, -0.15) is 13.5 Å². The average molecular weight is 510 g/mol. The summed E-state index contributed by atoms with van der Waals surface area (Å²) in [6, 6.07) is 9.69. The van der Waals surface area contributed by atoms with E-state index in [1.807, 2.05) is 52.0 Å². The zero-order chi connectivity index (χ0) is 24.8. The summed E-state index contributed by atoms with van der Waals surface area (Å²) in [5, 5.41) is 4.05. The fourth-order valence-corrected chi connectivity index (χ4v) is 4.22. The molecule has 0 fully saturated rings. The van der Waals surface area contributed by atoms with Gasteiger partial charge in [0.05, 0.1) is 19.4 Å². The maximum absolute atomic E-state index is 13.0. The van der Waals surface area contributed by atoms with E-state index >= 15 is 0 Å². The molecule has 0 atom stereocenters. The van der Waals surface area contributed by atoms with Gasteiger partial charge in [-0.15, -0.1) is 11.3 Å². The molecule has 0 unspecified atom stereocenters. The summed E-state index contributed by atoms with van der Waals surface area (Å²) in [6.45, 7) is 12.2. The zero-order valence-electron chi connectivity index (χ0n) is 21.7. The molecule has 0 spiro atoms. The largest absolute Gasteiger partial charge is 0.497 e. The van der Waals surface area contributed by atoms with Gasteiger partial charge in [-0.3, -0.25) is 0 Å². The molecule has 2 aromatic heterocycles. The number of hydrogen-bond acceptors (Lipinski definition) is 6. The Bertz CT molecular complexity index is 965. The Morgan fingerprint density at radius 3 is 2.38 bits per heavy atom. The Morgan fingerprint density at radius 1 is 1.09 bits per heavy atom. The Morgan fingerprint density at radius 2 is 1.79 bits per heavy atom. The number of pyridine rings is 1. The molecule has 0 radical (unpaired) electrons. The van der Waals surface area contributed by atoms with Crippen LogP contribution in [0.25, 0.3) is 11.3 Å². The van der Waals surface area contributed by atoms with Gasteiger partial charge in [-0.1, -0.05) is 53.7 Å². The van der Waals surface area contributed by atoms with Gasteiger partial charge >= 0.3 is 0 Å². The number of benzene rings is 1. The molecular weight excluding hydrogens is 469 g/mol. The van der Waals surface area contributed by atoms with Gasteiger partial charge in [0.1, 0.15) is 18.2 Å². The number of halogens is 1. The van der Waals surface area contributed by atoms with Crippen LogP contribution in [0.15, 0.2) is 36.5 Å². The molecule has 0 aliphatic carbocycles. The molecule has 3 rings (SSSR count). The van der Waals surface area contributed by atoms with Gasteiger partial charge in [0, 0.05) is 34.9 Å². The normalized spacial score (nSPS) is 9.82. The Kier molecular flexibility index (Phi) is 16.2. The molecule has 8 heteroatoms. The van der Waals surface area contributed by atoms with E-state index in [2.05, 4.69) is 24.1 Å². The zero-order valence-corrected chi connectivity index (χ0v) is 23.5. The number of rotatable bonds is 9. The number of nitrogens with one attached hydrogen (secondary N) is 1. The van der Waals surface area contributed by atoms with E-state index in [0.29, 0.717) is 23.9 Å². The van der Waals surface area contributed by atoms with Crippen molar-refractivity contribution < 1.29 is 13.9 Å². The summed E-state index contributed by atoms with van der Waals surface area (Å²) in [5.74, 6) is 1.93. The van der Waals surface area contributed by atoms with Crippen molar-refractivity contribution in [2.75, 3.05) is 19.5 Å². The van der Waals surface area contributed by atoms with Crippen molar-refractivity contribution in [2.45, 2.75) is 61.2 Å². The summed E-state index contributed by atoms with van der Waals surface area (Å²) < 4.78 is 23.6. The van der Waals surface area contributed by atoms with Crippen LogP contribution in [0.5, 0.6) is 5.75 Å². The van der Waals surface area contributed by atoms with Crippen molar-refractivity contribution in [3.05, 3.63) is 52.5 Å². The minimum absolute atomic E-state index is 0. The highest BCUT2D eigenvalue weighted by Gasteiger charge is 2.16. The van der Waals surface area contributed by atoms with Gasteiger partial charge in [-0.25, -0.2) is 14.4 Å². The third-order valence-corrected chi connectivity index (χ3v) is 5.33. The highest BCUT2D eigenvalue weighted by molar-refractivity contribution is 7.59. The van der Waals surface area contributed by atoms with E-state index in [1.165, 1.54) is 11.1 Å². The summed E-state index contributed by atoms with van der Waals surface area (Å²) in [4.78, 5) is 10.4. The number of alkyl halides is 1. The Hall–Kier alpha value is -2.16. The van der Waals surface area contributed by atoms with Crippen molar-refractivity contribution >= 4 is 35.8 Å². The lowest BCUT2D eigenvalue weighted by Gasteiger charge is -2.09. The number of aromatic nitrogens is 2. The maximum atomic E-state index is 13.0. The number of anilines is 2.